The van der Waals surface area contributed by atoms with E-state index in [2.05, 4.69) is 21.9 Å². The first kappa shape index (κ1) is 17.4. The second-order valence-electron chi connectivity index (χ2n) is 6.96. The van der Waals surface area contributed by atoms with Gasteiger partial charge in [-0.25, -0.2) is 13.8 Å². The minimum Gasteiger partial charge on any atom is -0.492 e. The van der Waals surface area contributed by atoms with Gasteiger partial charge in [-0.15, -0.1) is 5.10 Å². The quantitative estimate of drug-likeness (QED) is 0.751. The van der Waals surface area contributed by atoms with Gasteiger partial charge in [-0.2, -0.15) is 4.52 Å². The molecule has 5 nitrogen and oxygen atoms in total. The minimum absolute atomic E-state index is 0.0126. The molecule has 0 amide bonds. The Hall–Kier alpha value is -2.06. The van der Waals surface area contributed by atoms with Gasteiger partial charge < -0.3 is 5.11 Å². The number of aromatic hydroxyl groups is 1. The summed E-state index contributed by atoms with van der Waals surface area (Å²) >= 11 is 1.33. The normalized spacial score (nSPS) is 19.9. The number of benzene rings is 1. The lowest BCUT2D eigenvalue weighted by molar-refractivity contribution is 0.149. The van der Waals surface area contributed by atoms with E-state index in [0.29, 0.717) is 27.1 Å². The van der Waals surface area contributed by atoms with Crippen LogP contribution in [-0.2, 0) is 0 Å². The van der Waals surface area contributed by atoms with Gasteiger partial charge in [0.05, 0.1) is 10.9 Å². The molecule has 0 spiro atoms. The van der Waals surface area contributed by atoms with Crippen LogP contribution in [0.25, 0.3) is 4.96 Å². The highest BCUT2D eigenvalue weighted by Crippen LogP contribution is 2.41. The topological polar surface area (TPSA) is 53.7 Å². The first-order valence-electron chi connectivity index (χ1n) is 8.68. The molecule has 1 saturated heterocycles. The van der Waals surface area contributed by atoms with Gasteiger partial charge in [0.2, 0.25) is 10.8 Å². The van der Waals surface area contributed by atoms with E-state index in [4.69, 9.17) is 0 Å². The lowest BCUT2D eigenvalue weighted by atomic mass is 9.95. The summed E-state index contributed by atoms with van der Waals surface area (Å²) in [6.45, 7) is 5.61. The van der Waals surface area contributed by atoms with Crippen molar-refractivity contribution in [3.63, 3.8) is 0 Å². The van der Waals surface area contributed by atoms with Gasteiger partial charge >= 0.3 is 0 Å². The second-order valence-corrected chi connectivity index (χ2v) is 7.97. The summed E-state index contributed by atoms with van der Waals surface area (Å²) in [6, 6.07) is 3.59. The van der Waals surface area contributed by atoms with Crippen LogP contribution in [0.3, 0.4) is 0 Å². The molecule has 0 aliphatic carbocycles. The van der Waals surface area contributed by atoms with Crippen molar-refractivity contribution in [1.82, 2.24) is 19.5 Å². The summed E-state index contributed by atoms with van der Waals surface area (Å²) in [6.07, 6.45) is 2.17. The number of likely N-dealkylation sites (tertiary alicyclic amines) is 1. The van der Waals surface area contributed by atoms with Crippen molar-refractivity contribution in [3.8, 4) is 5.88 Å². The number of aryl methyl sites for hydroxylation is 1. The van der Waals surface area contributed by atoms with Gasteiger partial charge in [-0.1, -0.05) is 24.3 Å². The molecule has 3 aromatic rings. The van der Waals surface area contributed by atoms with Crippen molar-refractivity contribution in [2.24, 2.45) is 5.92 Å². The second kappa shape index (κ2) is 6.59. The van der Waals surface area contributed by atoms with Crippen molar-refractivity contribution >= 4 is 16.3 Å². The van der Waals surface area contributed by atoms with Crippen LogP contribution in [0.15, 0.2) is 18.2 Å². The third-order valence-electron chi connectivity index (χ3n) is 4.87. The average Bonchev–Trinajstić information content (AvgIpc) is 3.09. The van der Waals surface area contributed by atoms with Crippen molar-refractivity contribution in [3.05, 3.63) is 46.1 Å². The highest BCUT2D eigenvalue weighted by molar-refractivity contribution is 7.17. The van der Waals surface area contributed by atoms with Crippen LogP contribution in [0.2, 0.25) is 0 Å². The predicted molar refractivity (Wildman–Crippen MR) is 95.4 cm³/mol. The molecule has 1 N–H and O–H groups in total. The molecule has 1 aliphatic rings. The maximum atomic E-state index is 13.9. The first-order chi connectivity index (χ1) is 12.4. The van der Waals surface area contributed by atoms with Gasteiger partial charge in [0.15, 0.2) is 11.6 Å². The van der Waals surface area contributed by atoms with Crippen LogP contribution in [0, 0.1) is 24.5 Å². The molecule has 8 heteroatoms. The summed E-state index contributed by atoms with van der Waals surface area (Å²) < 4.78 is 28.8. The van der Waals surface area contributed by atoms with E-state index in [9.17, 15) is 13.9 Å². The molecule has 0 bridgehead atoms. The van der Waals surface area contributed by atoms with Crippen molar-refractivity contribution in [1.29, 1.82) is 0 Å². The standard InChI is InChI=1S/C18H20F2N4OS/c1-10-4-3-7-23(9-10)15(12-5-6-13(19)14(20)8-12)16-17(25)24-18(26-16)21-11(2)22-24/h5-6,8,10,15,25H,3-4,7,9H2,1-2H3/t10-,15+/m0/s1. The van der Waals surface area contributed by atoms with Gasteiger partial charge in [0.1, 0.15) is 5.82 Å². The van der Waals surface area contributed by atoms with E-state index in [0.717, 1.165) is 32.0 Å². The third kappa shape index (κ3) is 2.97. The van der Waals surface area contributed by atoms with E-state index in [1.807, 2.05) is 0 Å². The van der Waals surface area contributed by atoms with E-state index < -0.39 is 11.6 Å². The van der Waals surface area contributed by atoms with E-state index >= 15 is 0 Å². The lowest BCUT2D eigenvalue weighted by Crippen LogP contribution is -2.37. The SMILES string of the molecule is Cc1nc2sc([C@@H](c3ccc(F)c(F)c3)N3CCC[C@H](C)C3)c(O)n2n1. The Morgan fingerprint density at radius 2 is 2.12 bits per heavy atom. The number of hydrogen-bond acceptors (Lipinski definition) is 5. The number of thiazole rings is 1. The summed E-state index contributed by atoms with van der Waals surface area (Å²) in [7, 11) is 0. The van der Waals surface area contributed by atoms with Gasteiger partial charge in [0, 0.05) is 6.54 Å². The van der Waals surface area contributed by atoms with Crippen molar-refractivity contribution < 1.29 is 13.9 Å². The molecular weight excluding hydrogens is 358 g/mol. The maximum absolute atomic E-state index is 13.9. The number of hydrogen-bond donors (Lipinski definition) is 1. The zero-order chi connectivity index (χ0) is 18.4. The number of aromatic nitrogens is 3. The molecule has 2 aromatic heterocycles. The maximum Gasteiger partial charge on any atom is 0.230 e. The Morgan fingerprint density at radius 1 is 1.31 bits per heavy atom. The largest absolute Gasteiger partial charge is 0.492 e. The van der Waals surface area contributed by atoms with Crippen LogP contribution in [0.5, 0.6) is 5.88 Å². The summed E-state index contributed by atoms with van der Waals surface area (Å²) in [5.74, 6) is -0.662. The van der Waals surface area contributed by atoms with Crippen molar-refractivity contribution in [2.75, 3.05) is 13.1 Å². The first-order valence-corrected chi connectivity index (χ1v) is 9.49. The Morgan fingerprint density at radius 3 is 2.81 bits per heavy atom. The number of rotatable bonds is 3. The smallest absolute Gasteiger partial charge is 0.230 e. The Bertz CT molecular complexity index is 954. The van der Waals surface area contributed by atoms with E-state index in [1.165, 1.54) is 21.9 Å². The molecular formula is C18H20F2N4OS. The number of piperidine rings is 1. The highest BCUT2D eigenvalue weighted by atomic mass is 32.1. The Balaban J connectivity index is 1.84. The van der Waals surface area contributed by atoms with Gasteiger partial charge in [0.25, 0.3) is 0 Å². The van der Waals surface area contributed by atoms with Crippen LogP contribution >= 0.6 is 11.3 Å². The number of halogens is 2. The summed E-state index contributed by atoms with van der Waals surface area (Å²) in [4.78, 5) is 7.78. The highest BCUT2D eigenvalue weighted by Gasteiger charge is 2.32. The lowest BCUT2D eigenvalue weighted by Gasteiger charge is -2.37. The molecule has 26 heavy (non-hydrogen) atoms. The molecule has 138 valence electrons. The number of nitrogens with zero attached hydrogens (tertiary/aromatic N) is 4. The Kier molecular flexibility index (Phi) is 4.40. The molecule has 1 aromatic carbocycles. The van der Waals surface area contributed by atoms with Crippen LogP contribution in [-0.4, -0.2) is 37.7 Å². The van der Waals surface area contributed by atoms with Crippen LogP contribution < -0.4 is 0 Å². The van der Waals surface area contributed by atoms with E-state index in [-0.39, 0.29) is 11.9 Å². The molecule has 0 radical (unpaired) electrons. The summed E-state index contributed by atoms with van der Waals surface area (Å²) in [5, 5.41) is 14.9. The van der Waals surface area contributed by atoms with Gasteiger partial charge in [-0.05, 0) is 49.9 Å². The fraction of sp³-hybridized carbons (Fsp3) is 0.444. The zero-order valence-corrected chi connectivity index (χ0v) is 15.4. The predicted octanol–water partition coefficient (Wildman–Crippen LogP) is 3.90. The van der Waals surface area contributed by atoms with Crippen molar-refractivity contribution in [2.45, 2.75) is 32.7 Å². The van der Waals surface area contributed by atoms with Gasteiger partial charge in [-0.3, -0.25) is 4.90 Å². The fourth-order valence-electron chi connectivity index (χ4n) is 3.70. The van der Waals surface area contributed by atoms with Crippen LogP contribution in [0.4, 0.5) is 8.78 Å². The molecule has 3 heterocycles. The molecule has 0 saturated carbocycles. The Labute approximate surface area is 153 Å². The number of fused-ring (bicyclic) bond motifs is 1. The minimum atomic E-state index is -0.882. The molecule has 4 rings (SSSR count). The fourth-order valence-corrected chi connectivity index (χ4v) is 4.86. The molecule has 1 fully saturated rings. The molecule has 0 unspecified atom stereocenters. The van der Waals surface area contributed by atoms with Crippen LogP contribution in [0.1, 0.15) is 42.1 Å². The molecule has 2 atom stereocenters. The molecule has 1 aliphatic heterocycles. The zero-order valence-electron chi connectivity index (χ0n) is 14.6. The monoisotopic (exact) mass is 378 g/mol. The van der Waals surface area contributed by atoms with E-state index in [1.54, 1.807) is 13.0 Å². The third-order valence-corrected chi connectivity index (χ3v) is 5.94. The summed E-state index contributed by atoms with van der Waals surface area (Å²) in [5.41, 5.74) is 0.620. The average molecular weight is 378 g/mol.